The molecule has 2 aromatic carbocycles. The molecule has 0 spiro atoms. The molecule has 1 unspecified atom stereocenters. The van der Waals surface area contributed by atoms with Crippen LogP contribution < -0.4 is 19.7 Å². The standard InChI is InChI=1S/C24H30N4O3/c1-16(2)27-9-11-28(12-10-27)18-7-5-17(6-8-18)24-25-20-13-19(30-3)14-22(31-4)23(20)21(15-29)26-24/h5-8,13-16,21H,9-12H2,1-4H3,(H,25,26). The van der Waals surface area contributed by atoms with E-state index >= 15 is 0 Å². The lowest BCUT2D eigenvalue weighted by atomic mass is 10.0. The van der Waals surface area contributed by atoms with E-state index in [1.807, 2.05) is 6.07 Å². The predicted octanol–water partition coefficient (Wildman–Crippen LogP) is 3.35. The van der Waals surface area contributed by atoms with E-state index in [4.69, 9.17) is 9.47 Å². The summed E-state index contributed by atoms with van der Waals surface area (Å²) in [5, 5.41) is 3.36. The Balaban J connectivity index is 1.56. The lowest BCUT2D eigenvalue weighted by Crippen LogP contribution is -2.48. The summed E-state index contributed by atoms with van der Waals surface area (Å²) < 4.78 is 10.9. The van der Waals surface area contributed by atoms with Gasteiger partial charge in [-0.05, 0) is 38.1 Å². The molecule has 164 valence electrons. The molecule has 0 radical (unpaired) electrons. The van der Waals surface area contributed by atoms with Gasteiger partial charge in [0, 0.05) is 61.2 Å². The number of anilines is 2. The number of ether oxygens (including phenoxy) is 2. The number of fused-ring (bicyclic) bond motifs is 1. The number of hydrogen-bond donors (Lipinski definition) is 1. The Morgan fingerprint density at radius 3 is 2.35 bits per heavy atom. The molecule has 2 heterocycles. The van der Waals surface area contributed by atoms with Crippen LogP contribution in [0.3, 0.4) is 0 Å². The number of aliphatic imine (C=N–C) groups is 1. The fraction of sp³-hybridized carbons (Fsp3) is 0.417. The van der Waals surface area contributed by atoms with Gasteiger partial charge in [0.2, 0.25) is 0 Å². The van der Waals surface area contributed by atoms with Crippen molar-refractivity contribution in [1.29, 1.82) is 0 Å². The molecule has 1 fully saturated rings. The Labute approximate surface area is 183 Å². The number of carbonyl (C=O) groups is 1. The number of aldehydes is 1. The van der Waals surface area contributed by atoms with Crippen LogP contribution in [0.25, 0.3) is 0 Å². The Bertz CT molecular complexity index is 964. The number of carbonyl (C=O) groups excluding carboxylic acids is 1. The minimum Gasteiger partial charge on any atom is -0.497 e. The fourth-order valence-corrected chi connectivity index (χ4v) is 4.23. The molecule has 2 aliphatic heterocycles. The maximum absolute atomic E-state index is 11.8. The lowest BCUT2D eigenvalue weighted by Gasteiger charge is -2.38. The molecule has 31 heavy (non-hydrogen) atoms. The minimum atomic E-state index is -0.629. The van der Waals surface area contributed by atoms with Crippen LogP contribution in [-0.4, -0.2) is 63.5 Å². The van der Waals surface area contributed by atoms with Crippen molar-refractivity contribution in [2.45, 2.75) is 25.9 Å². The van der Waals surface area contributed by atoms with Crippen LogP contribution in [0.5, 0.6) is 11.5 Å². The third-order valence-electron chi connectivity index (χ3n) is 6.07. The Morgan fingerprint density at radius 1 is 1.06 bits per heavy atom. The summed E-state index contributed by atoms with van der Waals surface area (Å²) in [6, 6.07) is 12.0. The molecule has 2 aromatic rings. The average Bonchev–Trinajstić information content (AvgIpc) is 2.82. The Morgan fingerprint density at radius 2 is 1.77 bits per heavy atom. The van der Waals surface area contributed by atoms with Crippen LogP contribution in [0, 0.1) is 0 Å². The van der Waals surface area contributed by atoms with Crippen LogP contribution in [0.2, 0.25) is 0 Å². The first kappa shape index (κ1) is 21.2. The summed E-state index contributed by atoms with van der Waals surface area (Å²) in [7, 11) is 3.19. The number of nitrogens with one attached hydrogen (secondary N) is 1. The summed E-state index contributed by atoms with van der Waals surface area (Å²) >= 11 is 0. The third kappa shape index (κ3) is 4.23. The van der Waals surface area contributed by atoms with Gasteiger partial charge in [0.1, 0.15) is 29.7 Å². The summed E-state index contributed by atoms with van der Waals surface area (Å²) in [5.41, 5.74) is 3.64. The van der Waals surface area contributed by atoms with Crippen LogP contribution >= 0.6 is 0 Å². The second-order valence-corrected chi connectivity index (χ2v) is 8.14. The molecular weight excluding hydrogens is 392 g/mol. The molecular formula is C24H30N4O3. The van der Waals surface area contributed by atoms with E-state index in [0.717, 1.165) is 49.3 Å². The van der Waals surface area contributed by atoms with E-state index in [-0.39, 0.29) is 0 Å². The Hall–Kier alpha value is -3.06. The van der Waals surface area contributed by atoms with Crippen LogP contribution in [0.1, 0.15) is 31.0 Å². The molecule has 0 amide bonds. The highest BCUT2D eigenvalue weighted by atomic mass is 16.5. The van der Waals surface area contributed by atoms with Crippen molar-refractivity contribution < 1.29 is 14.3 Å². The molecule has 1 saturated heterocycles. The summed E-state index contributed by atoms with van der Waals surface area (Å²) in [6.07, 6.45) is 0.844. The average molecular weight is 423 g/mol. The van der Waals surface area contributed by atoms with Gasteiger partial charge in [0.25, 0.3) is 0 Å². The monoisotopic (exact) mass is 422 g/mol. The van der Waals surface area contributed by atoms with Crippen LogP contribution in [0.15, 0.2) is 41.4 Å². The van der Waals surface area contributed by atoms with Gasteiger partial charge in [-0.15, -0.1) is 0 Å². The maximum atomic E-state index is 11.8. The minimum absolute atomic E-state index is 0.581. The highest BCUT2D eigenvalue weighted by Crippen LogP contribution is 2.40. The van der Waals surface area contributed by atoms with E-state index in [9.17, 15) is 4.79 Å². The molecule has 4 rings (SSSR count). The van der Waals surface area contributed by atoms with E-state index in [0.29, 0.717) is 23.4 Å². The predicted molar refractivity (Wildman–Crippen MR) is 124 cm³/mol. The normalized spacial score (nSPS) is 18.8. The fourth-order valence-electron chi connectivity index (χ4n) is 4.23. The van der Waals surface area contributed by atoms with Gasteiger partial charge in [0.05, 0.1) is 19.9 Å². The van der Waals surface area contributed by atoms with Gasteiger partial charge in [-0.1, -0.05) is 0 Å². The van der Waals surface area contributed by atoms with Crippen molar-refractivity contribution in [3.8, 4) is 11.5 Å². The van der Waals surface area contributed by atoms with Gasteiger partial charge in [-0.3, -0.25) is 9.89 Å². The van der Waals surface area contributed by atoms with E-state index in [1.54, 1.807) is 20.3 Å². The molecule has 1 N–H and O–H groups in total. The van der Waals surface area contributed by atoms with Gasteiger partial charge in [-0.25, -0.2) is 0 Å². The maximum Gasteiger partial charge on any atom is 0.149 e. The van der Waals surface area contributed by atoms with Gasteiger partial charge in [0.15, 0.2) is 0 Å². The molecule has 1 atom stereocenters. The van der Waals surface area contributed by atoms with Gasteiger partial charge < -0.3 is 24.5 Å². The Kier molecular flexibility index (Phi) is 6.13. The quantitative estimate of drug-likeness (QED) is 0.721. The third-order valence-corrected chi connectivity index (χ3v) is 6.07. The highest BCUT2D eigenvalue weighted by molar-refractivity contribution is 6.11. The number of piperazine rings is 1. The smallest absolute Gasteiger partial charge is 0.149 e. The lowest BCUT2D eigenvalue weighted by molar-refractivity contribution is -0.108. The number of rotatable bonds is 6. The highest BCUT2D eigenvalue weighted by Gasteiger charge is 2.27. The van der Waals surface area contributed by atoms with E-state index in [1.165, 1.54) is 5.69 Å². The molecule has 0 saturated carbocycles. The number of benzene rings is 2. The number of methoxy groups -OCH3 is 2. The zero-order valence-corrected chi connectivity index (χ0v) is 18.6. The second kappa shape index (κ2) is 8.98. The van der Waals surface area contributed by atoms with Crippen molar-refractivity contribution in [3.63, 3.8) is 0 Å². The zero-order chi connectivity index (χ0) is 22.0. The molecule has 2 aliphatic rings. The molecule has 0 bridgehead atoms. The largest absolute Gasteiger partial charge is 0.497 e. The number of amidine groups is 1. The van der Waals surface area contributed by atoms with Crippen molar-refractivity contribution in [1.82, 2.24) is 4.90 Å². The van der Waals surface area contributed by atoms with Crippen molar-refractivity contribution in [2.24, 2.45) is 4.99 Å². The van der Waals surface area contributed by atoms with Gasteiger partial charge in [-0.2, -0.15) is 0 Å². The van der Waals surface area contributed by atoms with Crippen molar-refractivity contribution in [2.75, 3.05) is 50.6 Å². The molecule has 0 aliphatic carbocycles. The van der Waals surface area contributed by atoms with Crippen molar-refractivity contribution in [3.05, 3.63) is 47.5 Å². The topological polar surface area (TPSA) is 66.4 Å². The van der Waals surface area contributed by atoms with E-state index < -0.39 is 6.04 Å². The second-order valence-electron chi connectivity index (χ2n) is 8.14. The first-order valence-electron chi connectivity index (χ1n) is 10.7. The zero-order valence-electron chi connectivity index (χ0n) is 18.6. The van der Waals surface area contributed by atoms with E-state index in [2.05, 4.69) is 58.2 Å². The van der Waals surface area contributed by atoms with Crippen LogP contribution in [0.4, 0.5) is 11.4 Å². The SMILES string of the molecule is COc1cc2c(c(OC)c1)C(C=O)N=C(c1ccc(N3CCN(C(C)C)CC3)cc1)N2. The molecule has 7 heteroatoms. The number of nitrogens with zero attached hydrogens (tertiary/aromatic N) is 3. The molecule has 0 aromatic heterocycles. The number of hydrogen-bond acceptors (Lipinski definition) is 7. The first-order valence-corrected chi connectivity index (χ1v) is 10.7. The van der Waals surface area contributed by atoms with Crippen molar-refractivity contribution >= 4 is 23.5 Å². The summed E-state index contributed by atoms with van der Waals surface area (Å²) in [5.74, 6) is 1.90. The summed E-state index contributed by atoms with van der Waals surface area (Å²) in [4.78, 5) is 21.4. The van der Waals surface area contributed by atoms with Crippen LogP contribution in [-0.2, 0) is 4.79 Å². The molecule has 7 nitrogen and oxygen atoms in total. The summed E-state index contributed by atoms with van der Waals surface area (Å²) in [6.45, 7) is 8.70. The first-order chi connectivity index (χ1) is 15.0. The van der Waals surface area contributed by atoms with Gasteiger partial charge >= 0.3 is 0 Å².